The summed E-state index contributed by atoms with van der Waals surface area (Å²) >= 11 is 0. The van der Waals surface area contributed by atoms with E-state index in [4.69, 9.17) is 0 Å². The van der Waals surface area contributed by atoms with E-state index >= 15 is 0 Å². The molecule has 1 N–H and O–H groups in total. The van der Waals surface area contributed by atoms with Crippen molar-refractivity contribution in [1.82, 2.24) is 10.2 Å². The summed E-state index contributed by atoms with van der Waals surface area (Å²) in [5, 5.41) is 3.28. The van der Waals surface area contributed by atoms with Crippen molar-refractivity contribution in [1.29, 1.82) is 0 Å². The van der Waals surface area contributed by atoms with Crippen molar-refractivity contribution in [3.8, 4) is 0 Å². The third-order valence-electron chi connectivity index (χ3n) is 4.01. The Labute approximate surface area is 106 Å². The van der Waals surface area contributed by atoms with Gasteiger partial charge in [0.15, 0.2) is 0 Å². The maximum Gasteiger partial charge on any atom is 0.261 e. The van der Waals surface area contributed by atoms with Gasteiger partial charge in [0, 0.05) is 6.04 Å². The van der Waals surface area contributed by atoms with Gasteiger partial charge in [0.25, 0.3) is 11.8 Å². The molecule has 4 nitrogen and oxygen atoms in total. The molecular formula is C14H16N2O2. The monoisotopic (exact) mass is 244 g/mol. The minimum atomic E-state index is -0.144. The molecule has 2 heterocycles. The van der Waals surface area contributed by atoms with Crippen LogP contribution in [-0.4, -0.2) is 35.8 Å². The zero-order valence-electron chi connectivity index (χ0n) is 10.3. The van der Waals surface area contributed by atoms with Crippen LogP contribution in [0.2, 0.25) is 0 Å². The highest BCUT2D eigenvalue weighted by atomic mass is 16.2. The molecule has 1 aromatic carbocycles. The Kier molecular flexibility index (Phi) is 2.67. The molecule has 2 aliphatic heterocycles. The average Bonchev–Trinajstić information content (AvgIpc) is 2.99. The van der Waals surface area contributed by atoms with Crippen LogP contribution in [0.5, 0.6) is 0 Å². The van der Waals surface area contributed by atoms with Crippen LogP contribution in [0.1, 0.15) is 34.1 Å². The summed E-state index contributed by atoms with van der Waals surface area (Å²) in [5.41, 5.74) is 1.08. The van der Waals surface area contributed by atoms with Crippen molar-refractivity contribution in [2.75, 3.05) is 13.1 Å². The molecule has 2 amide bonds. The van der Waals surface area contributed by atoms with E-state index in [0.717, 1.165) is 19.5 Å². The summed E-state index contributed by atoms with van der Waals surface area (Å²) in [6, 6.07) is 7.03. The first kappa shape index (κ1) is 11.4. The number of rotatable bonds is 2. The molecular weight excluding hydrogens is 228 g/mol. The maximum absolute atomic E-state index is 12.3. The lowest BCUT2D eigenvalue weighted by Crippen LogP contribution is -2.43. The second-order valence-corrected chi connectivity index (χ2v) is 5.02. The van der Waals surface area contributed by atoms with Crippen molar-refractivity contribution >= 4 is 11.8 Å². The molecule has 0 bridgehead atoms. The molecule has 0 saturated carbocycles. The molecule has 0 aliphatic carbocycles. The highest BCUT2D eigenvalue weighted by molar-refractivity contribution is 6.21. The number of carbonyl (C=O) groups excluding carboxylic acids is 2. The van der Waals surface area contributed by atoms with Crippen molar-refractivity contribution in [2.45, 2.75) is 19.4 Å². The van der Waals surface area contributed by atoms with Crippen LogP contribution in [0.25, 0.3) is 0 Å². The molecule has 1 fully saturated rings. The van der Waals surface area contributed by atoms with Crippen LogP contribution in [0.4, 0.5) is 0 Å². The SMILES string of the molecule is CC(C1CCNC1)N1C(=O)c2ccccc2C1=O. The summed E-state index contributed by atoms with van der Waals surface area (Å²) < 4.78 is 0. The second kappa shape index (κ2) is 4.21. The fourth-order valence-corrected chi connectivity index (χ4v) is 2.88. The summed E-state index contributed by atoms with van der Waals surface area (Å²) in [5.74, 6) is 0.0808. The lowest BCUT2D eigenvalue weighted by atomic mass is 9.99. The number of nitrogens with one attached hydrogen (secondary N) is 1. The number of imide groups is 1. The fourth-order valence-electron chi connectivity index (χ4n) is 2.88. The summed E-state index contributed by atoms with van der Waals surface area (Å²) in [7, 11) is 0. The molecule has 2 atom stereocenters. The zero-order chi connectivity index (χ0) is 12.7. The first-order valence-corrected chi connectivity index (χ1v) is 6.38. The van der Waals surface area contributed by atoms with E-state index in [9.17, 15) is 9.59 Å². The van der Waals surface area contributed by atoms with E-state index in [0.29, 0.717) is 17.0 Å². The van der Waals surface area contributed by atoms with E-state index in [-0.39, 0.29) is 17.9 Å². The Balaban J connectivity index is 1.91. The predicted molar refractivity (Wildman–Crippen MR) is 67.4 cm³/mol. The molecule has 2 unspecified atom stereocenters. The van der Waals surface area contributed by atoms with Crippen LogP contribution >= 0.6 is 0 Å². The Morgan fingerprint density at radius 3 is 2.33 bits per heavy atom. The van der Waals surface area contributed by atoms with Crippen LogP contribution < -0.4 is 5.32 Å². The summed E-state index contributed by atoms with van der Waals surface area (Å²) in [6.45, 7) is 3.83. The van der Waals surface area contributed by atoms with E-state index in [1.165, 1.54) is 4.90 Å². The van der Waals surface area contributed by atoms with Gasteiger partial charge in [0.1, 0.15) is 0 Å². The minimum Gasteiger partial charge on any atom is -0.316 e. The quantitative estimate of drug-likeness (QED) is 0.797. The topological polar surface area (TPSA) is 49.4 Å². The van der Waals surface area contributed by atoms with E-state index in [1.54, 1.807) is 24.3 Å². The normalized spacial score (nSPS) is 24.5. The molecule has 94 valence electrons. The Hall–Kier alpha value is -1.68. The predicted octanol–water partition coefficient (Wildman–Crippen LogP) is 1.28. The molecule has 1 saturated heterocycles. The third kappa shape index (κ3) is 1.56. The van der Waals surface area contributed by atoms with Gasteiger partial charge in [-0.1, -0.05) is 12.1 Å². The van der Waals surface area contributed by atoms with Gasteiger partial charge >= 0.3 is 0 Å². The Bertz CT molecular complexity index is 471. The van der Waals surface area contributed by atoms with Crippen LogP contribution in [0.15, 0.2) is 24.3 Å². The van der Waals surface area contributed by atoms with Crippen molar-refractivity contribution in [2.24, 2.45) is 5.92 Å². The standard InChI is InChI=1S/C14H16N2O2/c1-9(10-6-7-15-8-10)16-13(17)11-4-2-3-5-12(11)14(16)18/h2-5,9-10,15H,6-8H2,1H3. The number of fused-ring (bicyclic) bond motifs is 1. The zero-order valence-corrected chi connectivity index (χ0v) is 10.3. The molecule has 18 heavy (non-hydrogen) atoms. The smallest absolute Gasteiger partial charge is 0.261 e. The lowest BCUT2D eigenvalue weighted by Gasteiger charge is -2.27. The number of amides is 2. The Morgan fingerprint density at radius 1 is 1.22 bits per heavy atom. The van der Waals surface area contributed by atoms with Gasteiger partial charge in [-0.3, -0.25) is 14.5 Å². The highest BCUT2D eigenvalue weighted by Crippen LogP contribution is 2.28. The first-order valence-electron chi connectivity index (χ1n) is 6.38. The number of hydrogen-bond acceptors (Lipinski definition) is 3. The Morgan fingerprint density at radius 2 is 1.83 bits per heavy atom. The average molecular weight is 244 g/mol. The van der Waals surface area contributed by atoms with Gasteiger partial charge < -0.3 is 5.32 Å². The first-order chi connectivity index (χ1) is 8.70. The van der Waals surface area contributed by atoms with Crippen molar-refractivity contribution in [3.63, 3.8) is 0 Å². The fraction of sp³-hybridized carbons (Fsp3) is 0.429. The van der Waals surface area contributed by atoms with E-state index < -0.39 is 0 Å². The number of carbonyl (C=O) groups is 2. The van der Waals surface area contributed by atoms with Gasteiger partial charge in [0.05, 0.1) is 11.1 Å². The van der Waals surface area contributed by atoms with E-state index in [1.807, 2.05) is 6.92 Å². The lowest BCUT2D eigenvalue weighted by molar-refractivity contribution is 0.0552. The number of hydrogen-bond donors (Lipinski definition) is 1. The van der Waals surface area contributed by atoms with Crippen LogP contribution in [-0.2, 0) is 0 Å². The second-order valence-electron chi connectivity index (χ2n) is 5.02. The number of benzene rings is 1. The maximum atomic E-state index is 12.3. The molecule has 0 radical (unpaired) electrons. The van der Waals surface area contributed by atoms with Crippen molar-refractivity contribution in [3.05, 3.63) is 35.4 Å². The van der Waals surface area contributed by atoms with Crippen molar-refractivity contribution < 1.29 is 9.59 Å². The van der Waals surface area contributed by atoms with Crippen LogP contribution in [0.3, 0.4) is 0 Å². The van der Waals surface area contributed by atoms with E-state index in [2.05, 4.69) is 5.32 Å². The van der Waals surface area contributed by atoms with Gasteiger partial charge in [-0.2, -0.15) is 0 Å². The molecule has 4 heteroatoms. The van der Waals surface area contributed by atoms with Gasteiger partial charge in [-0.15, -0.1) is 0 Å². The number of nitrogens with zero attached hydrogens (tertiary/aromatic N) is 1. The van der Waals surface area contributed by atoms with Gasteiger partial charge in [0.2, 0.25) is 0 Å². The highest BCUT2D eigenvalue weighted by Gasteiger charge is 2.40. The van der Waals surface area contributed by atoms with Gasteiger partial charge in [-0.05, 0) is 44.5 Å². The molecule has 0 spiro atoms. The van der Waals surface area contributed by atoms with Crippen LogP contribution in [0, 0.1) is 5.92 Å². The minimum absolute atomic E-state index is 0.0348. The summed E-state index contributed by atoms with van der Waals surface area (Å²) in [6.07, 6.45) is 1.02. The third-order valence-corrected chi connectivity index (χ3v) is 4.01. The molecule has 1 aromatic rings. The summed E-state index contributed by atoms with van der Waals surface area (Å²) in [4.78, 5) is 26.0. The molecule has 2 aliphatic rings. The molecule has 3 rings (SSSR count). The largest absolute Gasteiger partial charge is 0.316 e. The van der Waals surface area contributed by atoms with Gasteiger partial charge in [-0.25, -0.2) is 0 Å². The molecule has 0 aromatic heterocycles.